The van der Waals surface area contributed by atoms with Crippen molar-refractivity contribution in [2.45, 2.75) is 38.6 Å². The summed E-state index contributed by atoms with van der Waals surface area (Å²) in [4.78, 5) is 18.7. The largest absolute Gasteiger partial charge is 0.441 e. The van der Waals surface area contributed by atoms with Gasteiger partial charge in [-0.1, -0.05) is 18.6 Å². The summed E-state index contributed by atoms with van der Waals surface area (Å²) in [7, 11) is 0. The fraction of sp³-hybridized carbons (Fsp3) is 0.529. The van der Waals surface area contributed by atoms with E-state index < -0.39 is 0 Å². The highest BCUT2D eigenvalue weighted by Crippen LogP contribution is 2.16. The van der Waals surface area contributed by atoms with Crippen molar-refractivity contribution in [2.24, 2.45) is 0 Å². The number of aromatic nitrogens is 1. The van der Waals surface area contributed by atoms with Gasteiger partial charge in [-0.3, -0.25) is 9.69 Å². The molecule has 0 spiro atoms. The molecule has 5 nitrogen and oxygen atoms in total. The van der Waals surface area contributed by atoms with E-state index in [-0.39, 0.29) is 5.91 Å². The molecule has 1 aromatic heterocycles. The van der Waals surface area contributed by atoms with Crippen molar-refractivity contribution in [3.8, 4) is 0 Å². The van der Waals surface area contributed by atoms with Gasteiger partial charge in [0.15, 0.2) is 11.5 Å². The smallest absolute Gasteiger partial charge is 0.234 e. The predicted molar refractivity (Wildman–Crippen MR) is 85.6 cm³/mol. The van der Waals surface area contributed by atoms with E-state index in [1.165, 1.54) is 19.3 Å². The van der Waals surface area contributed by atoms with Crippen LogP contribution in [0.2, 0.25) is 0 Å². The maximum atomic E-state index is 12.0. The number of amides is 1. The molecule has 5 heteroatoms. The number of fused-ring (bicyclic) bond motifs is 1. The summed E-state index contributed by atoms with van der Waals surface area (Å²) in [5.41, 5.74) is 1.66. The van der Waals surface area contributed by atoms with Gasteiger partial charge in [0.05, 0.1) is 6.54 Å². The number of rotatable bonds is 5. The van der Waals surface area contributed by atoms with Gasteiger partial charge in [-0.25, -0.2) is 4.98 Å². The molecule has 2 aromatic rings. The van der Waals surface area contributed by atoms with Crippen molar-refractivity contribution >= 4 is 17.0 Å². The molecule has 0 aliphatic carbocycles. The van der Waals surface area contributed by atoms with Gasteiger partial charge in [0, 0.05) is 19.0 Å². The van der Waals surface area contributed by atoms with E-state index in [0.717, 1.165) is 17.6 Å². The summed E-state index contributed by atoms with van der Waals surface area (Å²) in [6.45, 7) is 4.28. The summed E-state index contributed by atoms with van der Waals surface area (Å²) in [6.07, 6.45) is 4.28. The Hall–Kier alpha value is -1.88. The number of hydrogen-bond acceptors (Lipinski definition) is 4. The van der Waals surface area contributed by atoms with Gasteiger partial charge >= 0.3 is 0 Å². The molecule has 1 unspecified atom stereocenters. The number of oxazole rings is 1. The highest BCUT2D eigenvalue weighted by Gasteiger charge is 2.20. The van der Waals surface area contributed by atoms with Crippen molar-refractivity contribution in [2.75, 3.05) is 19.6 Å². The first-order chi connectivity index (χ1) is 10.7. The van der Waals surface area contributed by atoms with Crippen molar-refractivity contribution in [1.29, 1.82) is 0 Å². The zero-order valence-electron chi connectivity index (χ0n) is 13.0. The number of carbonyl (C=O) groups excluding carboxylic acids is 1. The molecule has 1 aliphatic rings. The number of benzene rings is 1. The number of nitrogens with one attached hydrogen (secondary N) is 1. The highest BCUT2D eigenvalue weighted by molar-refractivity contribution is 5.78. The predicted octanol–water partition coefficient (Wildman–Crippen LogP) is 2.36. The molecule has 0 bridgehead atoms. The zero-order valence-corrected chi connectivity index (χ0v) is 13.0. The molecule has 0 radical (unpaired) electrons. The Bertz CT molecular complexity index is 605. The van der Waals surface area contributed by atoms with Crippen LogP contribution in [0.5, 0.6) is 0 Å². The maximum absolute atomic E-state index is 12.0. The van der Waals surface area contributed by atoms with Crippen LogP contribution in [-0.2, 0) is 11.2 Å². The molecule has 1 saturated heterocycles. The fourth-order valence-corrected chi connectivity index (χ4v) is 2.97. The number of carbonyl (C=O) groups is 1. The summed E-state index contributed by atoms with van der Waals surface area (Å²) in [6, 6.07) is 8.21. The number of hydrogen-bond donors (Lipinski definition) is 1. The minimum absolute atomic E-state index is 0.0878. The number of likely N-dealkylation sites (tertiary alicyclic amines) is 1. The zero-order chi connectivity index (χ0) is 15.4. The molecule has 1 fully saturated rings. The monoisotopic (exact) mass is 301 g/mol. The lowest BCUT2D eigenvalue weighted by atomic mass is 10.0. The Morgan fingerprint density at radius 3 is 3.09 bits per heavy atom. The number of para-hydroxylation sites is 2. The molecular formula is C17H23N3O2. The van der Waals surface area contributed by atoms with Crippen molar-refractivity contribution in [1.82, 2.24) is 15.2 Å². The van der Waals surface area contributed by atoms with Crippen LogP contribution < -0.4 is 5.32 Å². The van der Waals surface area contributed by atoms with Crippen LogP contribution in [0, 0.1) is 0 Å². The average Bonchev–Trinajstić information content (AvgIpc) is 2.92. The highest BCUT2D eigenvalue weighted by atomic mass is 16.3. The van der Waals surface area contributed by atoms with E-state index in [1.54, 1.807) is 0 Å². The fourth-order valence-electron chi connectivity index (χ4n) is 2.97. The maximum Gasteiger partial charge on any atom is 0.234 e. The van der Waals surface area contributed by atoms with Crippen LogP contribution in [0.15, 0.2) is 28.7 Å². The molecule has 2 heterocycles. The molecule has 1 aromatic carbocycles. The quantitative estimate of drug-likeness (QED) is 0.921. The third-order valence-electron chi connectivity index (χ3n) is 4.29. The minimum Gasteiger partial charge on any atom is -0.441 e. The lowest BCUT2D eigenvalue weighted by molar-refractivity contribution is -0.123. The van der Waals surface area contributed by atoms with Crippen molar-refractivity contribution in [3.05, 3.63) is 30.2 Å². The molecule has 22 heavy (non-hydrogen) atoms. The van der Waals surface area contributed by atoms with Gasteiger partial charge in [-0.2, -0.15) is 0 Å². The average molecular weight is 301 g/mol. The normalized spacial score (nSPS) is 19.4. The van der Waals surface area contributed by atoms with Crippen LogP contribution >= 0.6 is 0 Å². The Labute approximate surface area is 130 Å². The lowest BCUT2D eigenvalue weighted by Gasteiger charge is -2.32. The SMILES string of the molecule is CC1CCCCN1CC(=O)NCCc1nc2ccccc2o1. The standard InChI is InChI=1S/C17H23N3O2/c1-13-6-4-5-11-20(13)12-16(21)18-10-9-17-19-14-7-2-3-8-15(14)22-17/h2-3,7-8,13H,4-6,9-12H2,1H3,(H,18,21). The van der Waals surface area contributed by atoms with Gasteiger partial charge in [0.1, 0.15) is 5.52 Å². The van der Waals surface area contributed by atoms with E-state index in [4.69, 9.17) is 4.42 Å². The second-order valence-corrected chi connectivity index (χ2v) is 5.99. The van der Waals surface area contributed by atoms with Crippen LogP contribution in [0.1, 0.15) is 32.1 Å². The van der Waals surface area contributed by atoms with Gasteiger partial charge < -0.3 is 9.73 Å². The van der Waals surface area contributed by atoms with Crippen LogP contribution in [-0.4, -0.2) is 41.5 Å². The first kappa shape index (κ1) is 15.0. The molecule has 1 atom stereocenters. The second kappa shape index (κ2) is 6.92. The number of nitrogens with zero attached hydrogens (tertiary/aromatic N) is 2. The molecule has 3 rings (SSSR count). The van der Waals surface area contributed by atoms with Crippen molar-refractivity contribution in [3.63, 3.8) is 0 Å². The number of piperidine rings is 1. The first-order valence-electron chi connectivity index (χ1n) is 8.07. The van der Waals surface area contributed by atoms with E-state index >= 15 is 0 Å². The first-order valence-corrected chi connectivity index (χ1v) is 8.07. The lowest BCUT2D eigenvalue weighted by Crippen LogP contribution is -2.44. The van der Waals surface area contributed by atoms with Gasteiger partial charge in [0.25, 0.3) is 0 Å². The Kier molecular flexibility index (Phi) is 4.73. The van der Waals surface area contributed by atoms with Gasteiger partial charge in [-0.15, -0.1) is 0 Å². The van der Waals surface area contributed by atoms with E-state index in [9.17, 15) is 4.79 Å². The van der Waals surface area contributed by atoms with E-state index in [2.05, 4.69) is 22.1 Å². The molecular weight excluding hydrogens is 278 g/mol. The Morgan fingerprint density at radius 2 is 2.27 bits per heavy atom. The summed E-state index contributed by atoms with van der Waals surface area (Å²) < 4.78 is 5.64. The third kappa shape index (κ3) is 3.65. The Balaban J connectivity index is 1.45. The topological polar surface area (TPSA) is 58.4 Å². The van der Waals surface area contributed by atoms with Crippen molar-refractivity contribution < 1.29 is 9.21 Å². The molecule has 1 aliphatic heterocycles. The van der Waals surface area contributed by atoms with Crippen LogP contribution in [0.3, 0.4) is 0 Å². The van der Waals surface area contributed by atoms with Gasteiger partial charge in [-0.05, 0) is 38.4 Å². The molecule has 1 N–H and O–H groups in total. The van der Waals surface area contributed by atoms with E-state index in [1.807, 2.05) is 24.3 Å². The Morgan fingerprint density at radius 1 is 1.41 bits per heavy atom. The minimum atomic E-state index is 0.0878. The summed E-state index contributed by atoms with van der Waals surface area (Å²) >= 11 is 0. The van der Waals surface area contributed by atoms with E-state index in [0.29, 0.717) is 31.4 Å². The van der Waals surface area contributed by atoms with Crippen LogP contribution in [0.25, 0.3) is 11.1 Å². The summed E-state index contributed by atoms with van der Waals surface area (Å²) in [5.74, 6) is 0.762. The van der Waals surface area contributed by atoms with Gasteiger partial charge in [0.2, 0.25) is 5.91 Å². The summed E-state index contributed by atoms with van der Waals surface area (Å²) in [5, 5.41) is 2.96. The van der Waals surface area contributed by atoms with Crippen LogP contribution in [0.4, 0.5) is 0 Å². The molecule has 0 saturated carbocycles. The molecule has 1 amide bonds. The molecule has 118 valence electrons. The third-order valence-corrected chi connectivity index (χ3v) is 4.29. The second-order valence-electron chi connectivity index (χ2n) is 5.99.